The SMILES string of the molecule is CCOC(=O)Nc1ccc(NS(=O)(=O)c2cccc(Br)c2)cc1. The van der Waals surface area contributed by atoms with E-state index in [1.165, 1.54) is 12.1 Å². The summed E-state index contributed by atoms with van der Waals surface area (Å²) in [5.41, 5.74) is 0.897. The van der Waals surface area contributed by atoms with E-state index in [9.17, 15) is 13.2 Å². The Balaban J connectivity index is 2.10. The molecule has 0 unspecified atom stereocenters. The van der Waals surface area contributed by atoms with Crippen LogP contribution < -0.4 is 10.0 Å². The molecule has 2 rings (SSSR count). The molecule has 0 aromatic heterocycles. The van der Waals surface area contributed by atoms with E-state index in [1.807, 2.05) is 0 Å². The number of carbonyl (C=O) groups excluding carboxylic acids is 1. The Morgan fingerprint density at radius 2 is 1.78 bits per heavy atom. The summed E-state index contributed by atoms with van der Waals surface area (Å²) in [7, 11) is -3.67. The summed E-state index contributed by atoms with van der Waals surface area (Å²) in [4.78, 5) is 11.4. The van der Waals surface area contributed by atoms with E-state index in [2.05, 4.69) is 26.0 Å². The van der Waals surface area contributed by atoms with Crippen LogP contribution in [0.5, 0.6) is 0 Å². The predicted molar refractivity (Wildman–Crippen MR) is 92.0 cm³/mol. The molecule has 6 nitrogen and oxygen atoms in total. The van der Waals surface area contributed by atoms with Crippen LogP contribution in [-0.2, 0) is 14.8 Å². The minimum atomic E-state index is -3.67. The van der Waals surface area contributed by atoms with E-state index in [0.29, 0.717) is 15.8 Å². The molecule has 0 heterocycles. The van der Waals surface area contributed by atoms with Gasteiger partial charge >= 0.3 is 6.09 Å². The number of hydrogen-bond donors (Lipinski definition) is 2. The molecule has 0 spiro atoms. The molecule has 1 amide bonds. The maximum absolute atomic E-state index is 12.3. The average molecular weight is 399 g/mol. The highest BCUT2D eigenvalue weighted by molar-refractivity contribution is 9.10. The molecule has 0 aliphatic carbocycles. The molecule has 0 radical (unpaired) electrons. The minimum absolute atomic E-state index is 0.153. The molecular formula is C15H15BrN2O4S. The largest absolute Gasteiger partial charge is 0.450 e. The monoisotopic (exact) mass is 398 g/mol. The summed E-state index contributed by atoms with van der Waals surface area (Å²) in [6.45, 7) is 1.98. The predicted octanol–water partition coefficient (Wildman–Crippen LogP) is 3.82. The van der Waals surface area contributed by atoms with Gasteiger partial charge in [0.15, 0.2) is 0 Å². The Hall–Kier alpha value is -2.06. The van der Waals surface area contributed by atoms with Crippen molar-refractivity contribution < 1.29 is 17.9 Å². The third-order valence-corrected chi connectivity index (χ3v) is 4.64. The van der Waals surface area contributed by atoms with Crippen LogP contribution in [0.2, 0.25) is 0 Å². The average Bonchev–Trinajstić information content (AvgIpc) is 2.49. The second kappa shape index (κ2) is 7.47. The lowest BCUT2D eigenvalue weighted by Crippen LogP contribution is -2.14. The molecule has 2 N–H and O–H groups in total. The number of hydrogen-bond acceptors (Lipinski definition) is 4. The molecule has 0 fully saturated rings. The van der Waals surface area contributed by atoms with E-state index in [4.69, 9.17) is 4.74 Å². The van der Waals surface area contributed by atoms with Gasteiger partial charge in [-0.15, -0.1) is 0 Å². The van der Waals surface area contributed by atoms with Crippen LogP contribution in [0.25, 0.3) is 0 Å². The van der Waals surface area contributed by atoms with E-state index in [-0.39, 0.29) is 11.5 Å². The minimum Gasteiger partial charge on any atom is -0.450 e. The van der Waals surface area contributed by atoms with Crippen LogP contribution in [0.3, 0.4) is 0 Å². The Morgan fingerprint density at radius 1 is 1.13 bits per heavy atom. The quantitative estimate of drug-likeness (QED) is 0.801. The van der Waals surface area contributed by atoms with Gasteiger partial charge in [-0.05, 0) is 49.4 Å². The zero-order chi connectivity index (χ0) is 16.9. The number of nitrogens with one attached hydrogen (secondary N) is 2. The molecule has 2 aromatic rings. The first kappa shape index (κ1) is 17.3. The molecule has 2 aromatic carbocycles. The first-order valence-corrected chi connectivity index (χ1v) is 9.00. The van der Waals surface area contributed by atoms with E-state index >= 15 is 0 Å². The van der Waals surface area contributed by atoms with E-state index in [1.54, 1.807) is 43.3 Å². The third-order valence-electron chi connectivity index (χ3n) is 2.77. The standard InChI is InChI=1S/C15H15BrN2O4S/c1-2-22-15(19)17-12-6-8-13(9-7-12)18-23(20,21)14-5-3-4-11(16)10-14/h3-10,18H,2H2,1H3,(H,17,19). The number of carbonyl (C=O) groups is 1. The lowest BCUT2D eigenvalue weighted by molar-refractivity contribution is 0.168. The highest BCUT2D eigenvalue weighted by Gasteiger charge is 2.14. The summed E-state index contributed by atoms with van der Waals surface area (Å²) >= 11 is 3.24. The number of halogens is 1. The number of ether oxygens (including phenoxy) is 1. The fraction of sp³-hybridized carbons (Fsp3) is 0.133. The van der Waals surface area contributed by atoms with Gasteiger partial charge in [-0.1, -0.05) is 22.0 Å². The molecule has 0 aliphatic heterocycles. The molecule has 0 saturated heterocycles. The Bertz CT molecular complexity index is 791. The van der Waals surface area contributed by atoms with Crippen LogP contribution >= 0.6 is 15.9 Å². The lowest BCUT2D eigenvalue weighted by Gasteiger charge is -2.10. The normalized spacial score (nSPS) is 10.9. The van der Waals surface area contributed by atoms with Gasteiger partial charge in [0.05, 0.1) is 11.5 Å². The molecule has 0 bridgehead atoms. The van der Waals surface area contributed by atoms with Crippen LogP contribution in [0.1, 0.15) is 6.92 Å². The van der Waals surface area contributed by atoms with E-state index in [0.717, 1.165) is 0 Å². The van der Waals surface area contributed by atoms with Crippen molar-refractivity contribution in [3.8, 4) is 0 Å². The lowest BCUT2D eigenvalue weighted by atomic mass is 10.3. The summed E-state index contributed by atoms with van der Waals surface area (Å²) in [5.74, 6) is 0. The maximum atomic E-state index is 12.3. The molecule has 0 atom stereocenters. The summed E-state index contributed by atoms with van der Waals surface area (Å²) in [5, 5.41) is 2.53. The fourth-order valence-corrected chi connectivity index (χ4v) is 3.41. The first-order valence-electron chi connectivity index (χ1n) is 6.73. The van der Waals surface area contributed by atoms with Crippen molar-refractivity contribution in [3.05, 3.63) is 53.0 Å². The molecule has 0 aliphatic rings. The number of anilines is 2. The Labute approximate surface area is 143 Å². The van der Waals surface area contributed by atoms with Gasteiger partial charge in [-0.3, -0.25) is 10.0 Å². The van der Waals surface area contributed by atoms with Crippen molar-refractivity contribution in [2.45, 2.75) is 11.8 Å². The van der Waals surface area contributed by atoms with Crippen molar-refractivity contribution in [2.24, 2.45) is 0 Å². The van der Waals surface area contributed by atoms with Crippen molar-refractivity contribution in [1.82, 2.24) is 0 Å². The zero-order valence-corrected chi connectivity index (χ0v) is 14.6. The van der Waals surface area contributed by atoms with Gasteiger partial charge in [0.1, 0.15) is 0 Å². The fourth-order valence-electron chi connectivity index (χ4n) is 1.75. The zero-order valence-electron chi connectivity index (χ0n) is 12.2. The Morgan fingerprint density at radius 3 is 2.39 bits per heavy atom. The van der Waals surface area contributed by atoms with Crippen molar-refractivity contribution >= 4 is 43.4 Å². The van der Waals surface area contributed by atoms with Gasteiger partial charge in [0.2, 0.25) is 0 Å². The second-order valence-electron chi connectivity index (χ2n) is 4.49. The van der Waals surface area contributed by atoms with Crippen LogP contribution in [0.15, 0.2) is 57.9 Å². The summed E-state index contributed by atoms with van der Waals surface area (Å²) in [6, 6.07) is 12.7. The topological polar surface area (TPSA) is 84.5 Å². The molecular weight excluding hydrogens is 384 g/mol. The van der Waals surface area contributed by atoms with Gasteiger partial charge in [-0.2, -0.15) is 0 Å². The van der Waals surface area contributed by atoms with Crippen molar-refractivity contribution in [3.63, 3.8) is 0 Å². The van der Waals surface area contributed by atoms with Crippen molar-refractivity contribution in [1.29, 1.82) is 0 Å². The summed E-state index contributed by atoms with van der Waals surface area (Å²) < 4.78 is 32.5. The maximum Gasteiger partial charge on any atom is 0.411 e. The number of amides is 1. The summed E-state index contributed by atoms with van der Waals surface area (Å²) in [6.07, 6.45) is -0.560. The van der Waals surface area contributed by atoms with E-state index < -0.39 is 16.1 Å². The molecule has 23 heavy (non-hydrogen) atoms. The van der Waals surface area contributed by atoms with Gasteiger partial charge in [0, 0.05) is 15.8 Å². The van der Waals surface area contributed by atoms with Gasteiger partial charge in [0.25, 0.3) is 10.0 Å². The van der Waals surface area contributed by atoms with Gasteiger partial charge in [-0.25, -0.2) is 13.2 Å². The highest BCUT2D eigenvalue weighted by atomic mass is 79.9. The van der Waals surface area contributed by atoms with Crippen LogP contribution in [-0.4, -0.2) is 21.1 Å². The molecule has 122 valence electrons. The Kier molecular flexibility index (Phi) is 5.62. The van der Waals surface area contributed by atoms with Crippen molar-refractivity contribution in [2.75, 3.05) is 16.6 Å². The third kappa shape index (κ3) is 4.97. The number of sulfonamides is 1. The van der Waals surface area contributed by atoms with Gasteiger partial charge < -0.3 is 4.74 Å². The number of rotatable bonds is 5. The van der Waals surface area contributed by atoms with Crippen LogP contribution in [0.4, 0.5) is 16.2 Å². The van der Waals surface area contributed by atoms with Crippen LogP contribution in [0, 0.1) is 0 Å². The first-order chi connectivity index (χ1) is 10.9. The second-order valence-corrected chi connectivity index (χ2v) is 7.08. The smallest absolute Gasteiger partial charge is 0.411 e. The highest BCUT2D eigenvalue weighted by Crippen LogP contribution is 2.20. The number of benzene rings is 2. The molecule has 8 heteroatoms. The molecule has 0 saturated carbocycles.